The number of Topliss-reactive ketones (excluding diaryl/α,β-unsaturated/α-hetero) is 1. The van der Waals surface area contributed by atoms with Crippen molar-refractivity contribution in [1.29, 1.82) is 0 Å². The molecule has 0 fully saturated rings. The van der Waals surface area contributed by atoms with Gasteiger partial charge in [0.25, 0.3) is 0 Å². The molecule has 31 heavy (non-hydrogen) atoms. The molecular weight excluding hydrogens is 417 g/mol. The van der Waals surface area contributed by atoms with Crippen LogP contribution in [0.4, 0.5) is 4.39 Å². The maximum atomic E-state index is 13.6. The molecule has 1 aromatic carbocycles. The fourth-order valence-electron chi connectivity index (χ4n) is 4.32. The average Bonchev–Trinajstić information content (AvgIpc) is 3.28. The quantitative estimate of drug-likeness (QED) is 0.530. The first-order valence-electron chi connectivity index (χ1n) is 10.2. The van der Waals surface area contributed by atoms with Gasteiger partial charge in [0.15, 0.2) is 5.78 Å². The predicted molar refractivity (Wildman–Crippen MR) is 116 cm³/mol. The number of ether oxygens (including phenoxy) is 2. The summed E-state index contributed by atoms with van der Waals surface area (Å²) in [6.45, 7) is 2.21. The van der Waals surface area contributed by atoms with E-state index in [-0.39, 0.29) is 30.7 Å². The summed E-state index contributed by atoms with van der Waals surface area (Å²) in [5, 5.41) is 5.32. The summed E-state index contributed by atoms with van der Waals surface area (Å²) in [5.41, 5.74) is 3.12. The van der Waals surface area contributed by atoms with E-state index in [1.165, 1.54) is 24.1 Å². The third-order valence-electron chi connectivity index (χ3n) is 5.72. The van der Waals surface area contributed by atoms with Gasteiger partial charge in [-0.15, -0.1) is 11.3 Å². The first-order valence-corrected chi connectivity index (χ1v) is 11.1. The first-order chi connectivity index (χ1) is 15.0. The molecule has 0 saturated heterocycles. The number of ketones is 1. The third-order valence-corrected chi connectivity index (χ3v) is 6.75. The number of esters is 1. The molecule has 2 heterocycles. The Morgan fingerprint density at radius 2 is 1.97 bits per heavy atom. The standard InChI is InChI=1S/C24H24FNO4S/c1-14-21(24(28)30-10-9-29-2)22(15-5-7-17(25)8-6-15)23-18(26-14)12-16(13-19(23)27)20-4-3-11-31-20/h3-8,11,16,22,26H,9-10,12-13H2,1-2H3. The lowest BCUT2D eigenvalue weighted by Gasteiger charge is -2.36. The number of rotatable bonds is 6. The number of halogens is 1. The van der Waals surface area contributed by atoms with Crippen molar-refractivity contribution in [2.45, 2.75) is 31.6 Å². The molecule has 0 radical (unpaired) electrons. The van der Waals surface area contributed by atoms with Gasteiger partial charge < -0.3 is 14.8 Å². The number of methoxy groups -OCH3 is 1. The van der Waals surface area contributed by atoms with E-state index >= 15 is 0 Å². The molecule has 1 aliphatic carbocycles. The highest BCUT2D eigenvalue weighted by molar-refractivity contribution is 7.10. The minimum absolute atomic E-state index is 0.00355. The fourth-order valence-corrected chi connectivity index (χ4v) is 5.15. The Morgan fingerprint density at radius 3 is 2.65 bits per heavy atom. The van der Waals surface area contributed by atoms with E-state index < -0.39 is 11.9 Å². The van der Waals surface area contributed by atoms with Crippen LogP contribution in [0.3, 0.4) is 0 Å². The van der Waals surface area contributed by atoms with Crippen LogP contribution in [0.1, 0.15) is 42.0 Å². The highest BCUT2D eigenvalue weighted by atomic mass is 32.1. The Labute approximate surface area is 184 Å². The van der Waals surface area contributed by atoms with Crippen LogP contribution in [-0.4, -0.2) is 32.1 Å². The van der Waals surface area contributed by atoms with Crippen molar-refractivity contribution < 1.29 is 23.5 Å². The number of benzene rings is 1. The van der Waals surface area contributed by atoms with Gasteiger partial charge in [0.05, 0.1) is 12.2 Å². The maximum Gasteiger partial charge on any atom is 0.336 e. The Kier molecular flexibility index (Phi) is 6.34. The monoisotopic (exact) mass is 441 g/mol. The number of hydrogen-bond donors (Lipinski definition) is 1. The zero-order chi connectivity index (χ0) is 22.0. The molecule has 0 bridgehead atoms. The van der Waals surface area contributed by atoms with E-state index in [0.717, 1.165) is 5.70 Å². The summed E-state index contributed by atoms with van der Waals surface area (Å²) in [6.07, 6.45) is 1.06. The Balaban J connectivity index is 1.74. The van der Waals surface area contributed by atoms with Gasteiger partial charge in [0.2, 0.25) is 0 Å². The van der Waals surface area contributed by atoms with Crippen LogP contribution in [0.15, 0.2) is 64.3 Å². The average molecular weight is 442 g/mol. The minimum atomic E-state index is -0.594. The molecular formula is C24H24FNO4S. The number of thiophene rings is 1. The summed E-state index contributed by atoms with van der Waals surface area (Å²) < 4.78 is 24.0. The van der Waals surface area contributed by atoms with Gasteiger partial charge in [-0.25, -0.2) is 9.18 Å². The highest BCUT2D eigenvalue weighted by Gasteiger charge is 2.41. The van der Waals surface area contributed by atoms with Crippen LogP contribution in [0.25, 0.3) is 0 Å². The maximum absolute atomic E-state index is 13.6. The second kappa shape index (κ2) is 9.16. The van der Waals surface area contributed by atoms with E-state index in [1.807, 2.05) is 18.4 Å². The van der Waals surface area contributed by atoms with Crippen LogP contribution >= 0.6 is 11.3 Å². The molecule has 1 N–H and O–H groups in total. The zero-order valence-corrected chi connectivity index (χ0v) is 18.3. The van der Waals surface area contributed by atoms with Gasteiger partial charge in [-0.1, -0.05) is 18.2 Å². The number of allylic oxidation sites excluding steroid dienone is 3. The molecule has 2 atom stereocenters. The molecule has 2 aliphatic rings. The van der Waals surface area contributed by atoms with Gasteiger partial charge in [0.1, 0.15) is 12.4 Å². The van der Waals surface area contributed by atoms with Crippen molar-refractivity contribution in [3.63, 3.8) is 0 Å². The van der Waals surface area contributed by atoms with E-state index in [1.54, 1.807) is 23.5 Å². The fraction of sp³-hybridized carbons (Fsp3) is 0.333. The van der Waals surface area contributed by atoms with Crippen molar-refractivity contribution in [2.75, 3.05) is 20.3 Å². The van der Waals surface area contributed by atoms with Gasteiger partial charge in [-0.05, 0) is 42.5 Å². The van der Waals surface area contributed by atoms with E-state index in [0.29, 0.717) is 35.2 Å². The molecule has 1 aromatic heterocycles. The number of carbonyl (C=O) groups excluding carboxylic acids is 2. The van der Waals surface area contributed by atoms with Gasteiger partial charge >= 0.3 is 5.97 Å². The number of hydrogen-bond acceptors (Lipinski definition) is 6. The first kappa shape index (κ1) is 21.5. The molecule has 1 aliphatic heterocycles. The SMILES string of the molecule is COCCOC(=O)C1=C(C)NC2=C(C(=O)CC(c3cccs3)C2)C1c1ccc(F)cc1. The Bertz CT molecular complexity index is 1040. The molecule has 2 unspecified atom stereocenters. The van der Waals surface area contributed by atoms with E-state index in [4.69, 9.17) is 9.47 Å². The number of nitrogens with one attached hydrogen (secondary N) is 1. The predicted octanol–water partition coefficient (Wildman–Crippen LogP) is 4.44. The van der Waals surface area contributed by atoms with Crippen LogP contribution < -0.4 is 5.32 Å². The van der Waals surface area contributed by atoms with Crippen molar-refractivity contribution >= 4 is 23.1 Å². The summed E-state index contributed by atoms with van der Waals surface area (Å²) in [6, 6.07) is 10.00. The van der Waals surface area contributed by atoms with Crippen LogP contribution in [0, 0.1) is 5.82 Å². The molecule has 0 spiro atoms. The summed E-state index contributed by atoms with van der Waals surface area (Å²) in [5.74, 6) is -1.36. The second-order valence-electron chi connectivity index (χ2n) is 7.71. The van der Waals surface area contributed by atoms with Crippen LogP contribution in [0.5, 0.6) is 0 Å². The van der Waals surface area contributed by atoms with Gasteiger partial charge in [-0.2, -0.15) is 0 Å². The summed E-state index contributed by atoms with van der Waals surface area (Å²) in [7, 11) is 1.53. The Morgan fingerprint density at radius 1 is 1.19 bits per heavy atom. The molecule has 4 rings (SSSR count). The normalized spacial score (nSPS) is 21.1. The lowest BCUT2D eigenvalue weighted by molar-refractivity contribution is -0.140. The molecule has 162 valence electrons. The number of carbonyl (C=O) groups is 2. The lowest BCUT2D eigenvalue weighted by atomic mass is 9.72. The molecule has 7 heteroatoms. The summed E-state index contributed by atoms with van der Waals surface area (Å²) in [4.78, 5) is 27.5. The van der Waals surface area contributed by atoms with E-state index in [2.05, 4.69) is 11.4 Å². The third kappa shape index (κ3) is 4.34. The smallest absolute Gasteiger partial charge is 0.336 e. The van der Waals surface area contributed by atoms with Crippen molar-refractivity contribution in [1.82, 2.24) is 5.32 Å². The van der Waals surface area contributed by atoms with Crippen molar-refractivity contribution in [2.24, 2.45) is 0 Å². The van der Waals surface area contributed by atoms with Crippen LogP contribution in [0.2, 0.25) is 0 Å². The van der Waals surface area contributed by atoms with Crippen molar-refractivity contribution in [3.8, 4) is 0 Å². The summed E-state index contributed by atoms with van der Waals surface area (Å²) >= 11 is 1.64. The van der Waals surface area contributed by atoms with E-state index in [9.17, 15) is 14.0 Å². The highest BCUT2D eigenvalue weighted by Crippen LogP contribution is 2.46. The lowest BCUT2D eigenvalue weighted by Crippen LogP contribution is -2.36. The Hall–Kier alpha value is -2.77. The molecule has 5 nitrogen and oxygen atoms in total. The molecule has 0 amide bonds. The number of dihydropyridines is 1. The van der Waals surface area contributed by atoms with Crippen LogP contribution in [-0.2, 0) is 19.1 Å². The largest absolute Gasteiger partial charge is 0.460 e. The minimum Gasteiger partial charge on any atom is -0.460 e. The van der Waals surface area contributed by atoms with Gasteiger partial charge in [0, 0.05) is 47.2 Å². The second-order valence-corrected chi connectivity index (χ2v) is 8.69. The van der Waals surface area contributed by atoms with Crippen molar-refractivity contribution in [3.05, 3.63) is 80.6 Å². The topological polar surface area (TPSA) is 64.6 Å². The molecule has 0 saturated carbocycles. The zero-order valence-electron chi connectivity index (χ0n) is 17.4. The van der Waals surface area contributed by atoms with Gasteiger partial charge in [-0.3, -0.25) is 4.79 Å². The molecule has 2 aromatic rings.